The zero-order valence-electron chi connectivity index (χ0n) is 23.0. The van der Waals surface area contributed by atoms with Crippen molar-refractivity contribution in [1.82, 2.24) is 39.9 Å². The molecule has 8 bridgehead atoms. The molecule has 0 fully saturated rings. The fourth-order valence-corrected chi connectivity index (χ4v) is 5.73. The number of H-pyrrole nitrogens is 4. The van der Waals surface area contributed by atoms with Gasteiger partial charge in [0.15, 0.2) is 0 Å². The molecule has 5 heterocycles. The third-order valence-corrected chi connectivity index (χ3v) is 7.59. The summed E-state index contributed by atoms with van der Waals surface area (Å²) >= 11 is 0. The van der Waals surface area contributed by atoms with Crippen molar-refractivity contribution in [2.24, 2.45) is 0 Å². The van der Waals surface area contributed by atoms with Crippen molar-refractivity contribution in [2.45, 2.75) is 0 Å². The Bertz CT molecular complexity index is 2050. The molecule has 8 nitrogen and oxygen atoms in total. The number of nitrogens with zero attached hydrogens (tertiary/aromatic N) is 4. The predicted octanol–water partition coefficient (Wildman–Crippen LogP) is 1.19. The largest absolute Gasteiger partial charge is 1.00 e. The molecule has 9 aromatic rings. The summed E-state index contributed by atoms with van der Waals surface area (Å²) in [6.45, 7) is 0. The van der Waals surface area contributed by atoms with E-state index in [9.17, 15) is 0 Å². The van der Waals surface area contributed by atoms with Gasteiger partial charge in [-0.1, -0.05) is 97.1 Å². The first-order valence-corrected chi connectivity index (χ1v) is 13.1. The third-order valence-electron chi connectivity index (χ3n) is 7.59. The Labute approximate surface area is 281 Å². The minimum Gasteiger partial charge on any atom is -0.400 e. The van der Waals surface area contributed by atoms with E-state index in [1.165, 1.54) is 0 Å². The second kappa shape index (κ2) is 10.5. The average molecular weight is 563 g/mol. The van der Waals surface area contributed by atoms with Crippen LogP contribution in [-0.4, -0.2) is 29.9 Å². The number of fused-ring (bicyclic) bond motifs is 20. The Morgan fingerprint density at radius 3 is 1.17 bits per heavy atom. The van der Waals surface area contributed by atoms with Gasteiger partial charge in [-0.3, -0.25) is 0 Å². The molecule has 0 saturated heterocycles. The maximum Gasteiger partial charge on any atom is 1.00 e. The molecular formula is C32H20N8Na2. The Morgan fingerprint density at radius 1 is 0.381 bits per heavy atom. The molecule has 0 aliphatic heterocycles. The van der Waals surface area contributed by atoms with Gasteiger partial charge in [0.05, 0.1) is 22.6 Å². The zero-order chi connectivity index (χ0) is 26.2. The summed E-state index contributed by atoms with van der Waals surface area (Å²) in [6.07, 6.45) is 0. The van der Waals surface area contributed by atoms with Gasteiger partial charge in [0.25, 0.3) is 0 Å². The van der Waals surface area contributed by atoms with Crippen LogP contribution in [0.4, 0.5) is 0 Å². The van der Waals surface area contributed by atoms with Crippen LogP contribution in [-0.2, 0) is 0 Å². The fourth-order valence-electron chi connectivity index (χ4n) is 5.73. The molecule has 4 N–H and O–H groups in total. The number of benzene rings is 4. The van der Waals surface area contributed by atoms with Crippen LogP contribution in [0.5, 0.6) is 0 Å². The Hall–Kier alpha value is -3.76. The maximum absolute atomic E-state index is 5.04. The molecule has 0 atom stereocenters. The van der Waals surface area contributed by atoms with E-state index in [-0.39, 0.29) is 59.1 Å². The number of hydrogen-bond donors (Lipinski definition) is 4. The van der Waals surface area contributed by atoms with E-state index < -0.39 is 0 Å². The Morgan fingerprint density at radius 2 is 0.738 bits per heavy atom. The van der Waals surface area contributed by atoms with Crippen molar-refractivity contribution >= 4 is 88.3 Å². The minimum absolute atomic E-state index is 0. The van der Waals surface area contributed by atoms with Gasteiger partial charge in [-0.25, -0.2) is 0 Å². The van der Waals surface area contributed by atoms with E-state index in [0.717, 1.165) is 65.7 Å². The molecule has 190 valence electrons. The minimum atomic E-state index is 0. The Kier molecular flexibility index (Phi) is 6.78. The van der Waals surface area contributed by atoms with Crippen molar-refractivity contribution in [3.63, 3.8) is 0 Å². The van der Waals surface area contributed by atoms with Gasteiger partial charge in [0.1, 0.15) is 0 Å². The molecule has 5 aromatic heterocycles. The van der Waals surface area contributed by atoms with Crippen LogP contribution in [0.3, 0.4) is 0 Å². The van der Waals surface area contributed by atoms with E-state index in [0.29, 0.717) is 22.6 Å². The van der Waals surface area contributed by atoms with Crippen molar-refractivity contribution < 1.29 is 59.1 Å². The summed E-state index contributed by atoms with van der Waals surface area (Å²) in [4.78, 5) is 34.2. The maximum atomic E-state index is 5.04. The molecule has 0 aliphatic rings. The summed E-state index contributed by atoms with van der Waals surface area (Å²) in [5, 5.41) is 7.95. The van der Waals surface area contributed by atoms with Gasteiger partial charge in [-0.15, -0.1) is 0 Å². The number of aromatic amines is 4. The van der Waals surface area contributed by atoms with Crippen LogP contribution in [0.25, 0.3) is 88.3 Å². The molecule has 0 unspecified atom stereocenters. The summed E-state index contributed by atoms with van der Waals surface area (Å²) in [5.41, 5.74) is 5.84. The molecule has 0 amide bonds. The van der Waals surface area contributed by atoms with Crippen LogP contribution >= 0.6 is 0 Å². The molecule has 9 rings (SSSR count). The number of rotatable bonds is 0. The molecule has 42 heavy (non-hydrogen) atoms. The van der Waals surface area contributed by atoms with Gasteiger partial charge in [-0.2, -0.15) is 0 Å². The fraction of sp³-hybridized carbons (Fsp3) is 0. The molecular weight excluding hydrogens is 542 g/mol. The summed E-state index contributed by atoms with van der Waals surface area (Å²) < 4.78 is 0. The van der Waals surface area contributed by atoms with Crippen LogP contribution in [0.15, 0.2) is 97.1 Å². The first kappa shape index (κ1) is 27.1. The van der Waals surface area contributed by atoms with Gasteiger partial charge >= 0.3 is 59.1 Å². The van der Waals surface area contributed by atoms with Gasteiger partial charge in [-0.05, 0) is 21.5 Å². The SMILES string of the molecule is [Na+].[Na+].c1ccc2c3[n-]c(nc4[nH]c(nc5[n-]c([nH]c6[nH]c([nH]3)c3ccccc63)c3ccccc53)c3ccccc43)c2c1. The standard InChI is InChI=1S/C32H20N8.2Na/c1-2-10-18-17(9-1)25-33-26(18)38-28-21-13-5-6-14-22(21)30(35-28)40-32-24-16-8-7-15-23(24)31(36-32)39-29-20-12-4-3-11-19(20)27(34-29)37-25;;/h1-16,33,37-38H,(H,36,39,40);;/q-2;2*+1. The summed E-state index contributed by atoms with van der Waals surface area (Å²) in [5.74, 6) is 0. The van der Waals surface area contributed by atoms with Crippen LogP contribution in [0.1, 0.15) is 0 Å². The molecule has 10 heteroatoms. The number of hydrogen-bond acceptors (Lipinski definition) is 2. The normalized spacial score (nSPS) is 11.4. The van der Waals surface area contributed by atoms with Crippen molar-refractivity contribution in [1.29, 1.82) is 0 Å². The van der Waals surface area contributed by atoms with Crippen molar-refractivity contribution in [2.75, 3.05) is 0 Å². The quantitative estimate of drug-likeness (QED) is 0.208. The third kappa shape index (κ3) is 4.14. The molecule has 0 radical (unpaired) electrons. The number of aromatic nitrogens is 8. The second-order valence-electron chi connectivity index (χ2n) is 9.92. The predicted molar refractivity (Wildman–Crippen MR) is 161 cm³/mol. The van der Waals surface area contributed by atoms with E-state index in [1.807, 2.05) is 48.5 Å². The smallest absolute Gasteiger partial charge is 0.400 e. The van der Waals surface area contributed by atoms with Gasteiger partial charge in [0.2, 0.25) is 0 Å². The van der Waals surface area contributed by atoms with E-state index in [4.69, 9.17) is 19.9 Å². The van der Waals surface area contributed by atoms with E-state index >= 15 is 0 Å². The topological polar surface area (TPSA) is 117 Å². The van der Waals surface area contributed by atoms with Gasteiger partial charge in [0, 0.05) is 44.1 Å². The van der Waals surface area contributed by atoms with E-state index in [2.05, 4.69) is 68.5 Å². The van der Waals surface area contributed by atoms with Crippen LogP contribution in [0, 0.1) is 0 Å². The van der Waals surface area contributed by atoms with Crippen LogP contribution in [0.2, 0.25) is 0 Å². The van der Waals surface area contributed by atoms with Gasteiger partial charge < -0.3 is 39.9 Å². The van der Waals surface area contributed by atoms with Crippen molar-refractivity contribution in [3.8, 4) is 0 Å². The molecule has 0 spiro atoms. The van der Waals surface area contributed by atoms with Crippen molar-refractivity contribution in [3.05, 3.63) is 97.1 Å². The zero-order valence-corrected chi connectivity index (χ0v) is 27.0. The summed E-state index contributed by atoms with van der Waals surface area (Å²) in [7, 11) is 0. The first-order chi connectivity index (χ1) is 19.8. The second-order valence-corrected chi connectivity index (χ2v) is 9.92. The van der Waals surface area contributed by atoms with Crippen LogP contribution < -0.4 is 69.1 Å². The molecule has 4 aromatic carbocycles. The monoisotopic (exact) mass is 562 g/mol. The molecule has 0 aliphatic carbocycles. The van der Waals surface area contributed by atoms with E-state index in [1.54, 1.807) is 0 Å². The molecule has 0 saturated carbocycles. The Balaban J connectivity index is 0.00000144. The summed E-state index contributed by atoms with van der Waals surface area (Å²) in [6, 6.07) is 32.7. The first-order valence-electron chi connectivity index (χ1n) is 13.1. The average Bonchev–Trinajstić information content (AvgIpc) is 3.73. The number of nitrogens with one attached hydrogen (secondary N) is 4.